The van der Waals surface area contributed by atoms with E-state index in [1.54, 1.807) is 31.2 Å². The zero-order chi connectivity index (χ0) is 18.7. The number of thiazole rings is 1. The van der Waals surface area contributed by atoms with E-state index in [2.05, 4.69) is 4.98 Å². The molecule has 0 spiro atoms. The molecule has 1 fully saturated rings. The number of ether oxygens (including phenoxy) is 1. The number of benzene rings is 1. The van der Waals surface area contributed by atoms with Crippen molar-refractivity contribution in [3.63, 3.8) is 0 Å². The number of carboxylic acid groups (broad SMARTS) is 1. The molecule has 1 unspecified atom stereocenters. The first-order chi connectivity index (χ1) is 12.4. The molecular formula is C18H19ClN2O4S. The first-order valence-corrected chi connectivity index (χ1v) is 9.50. The Morgan fingerprint density at radius 1 is 1.38 bits per heavy atom. The van der Waals surface area contributed by atoms with Crippen molar-refractivity contribution in [1.82, 2.24) is 9.88 Å². The van der Waals surface area contributed by atoms with Gasteiger partial charge in [0.15, 0.2) is 0 Å². The van der Waals surface area contributed by atoms with Gasteiger partial charge in [-0.05, 0) is 44.0 Å². The number of hydrogen-bond donors (Lipinski definition) is 1. The van der Waals surface area contributed by atoms with Crippen LogP contribution in [-0.4, -0.2) is 39.0 Å². The zero-order valence-corrected chi connectivity index (χ0v) is 15.8. The van der Waals surface area contributed by atoms with Crippen LogP contribution in [0, 0.1) is 0 Å². The van der Waals surface area contributed by atoms with Gasteiger partial charge in [0.2, 0.25) is 5.91 Å². The van der Waals surface area contributed by atoms with E-state index in [4.69, 9.17) is 16.3 Å². The van der Waals surface area contributed by atoms with Crippen LogP contribution in [0.4, 0.5) is 0 Å². The van der Waals surface area contributed by atoms with Crippen LogP contribution in [0.5, 0.6) is 5.75 Å². The molecule has 0 saturated carbocycles. The first-order valence-electron chi connectivity index (χ1n) is 8.24. The van der Waals surface area contributed by atoms with Crippen molar-refractivity contribution in [3.8, 4) is 5.75 Å². The number of hydrogen-bond acceptors (Lipinski definition) is 5. The van der Waals surface area contributed by atoms with Crippen LogP contribution in [0.25, 0.3) is 0 Å². The maximum absolute atomic E-state index is 12.5. The molecule has 1 aromatic carbocycles. The van der Waals surface area contributed by atoms with Crippen molar-refractivity contribution >= 4 is 34.8 Å². The molecule has 1 saturated heterocycles. The van der Waals surface area contributed by atoms with Gasteiger partial charge in [-0.2, -0.15) is 0 Å². The molecule has 0 radical (unpaired) electrons. The second-order valence-corrected chi connectivity index (χ2v) is 7.76. The van der Waals surface area contributed by atoms with E-state index in [-0.39, 0.29) is 12.3 Å². The number of carbonyl (C=O) groups is 2. The Kier molecular flexibility index (Phi) is 5.48. The molecule has 1 atom stereocenters. The normalized spacial score (nSPS) is 19.5. The van der Waals surface area contributed by atoms with Crippen molar-refractivity contribution in [2.45, 2.75) is 38.3 Å². The fourth-order valence-electron chi connectivity index (χ4n) is 3.01. The summed E-state index contributed by atoms with van der Waals surface area (Å²) in [5.74, 6) is -0.474. The SMILES string of the molecule is CC1(C(=O)O)CCCN1C(=O)Cc1csc(COc2ccc(Cl)cc2)n1. The van der Waals surface area contributed by atoms with Crippen LogP contribution in [0.15, 0.2) is 29.6 Å². The molecule has 3 rings (SSSR count). The van der Waals surface area contributed by atoms with Crippen LogP contribution >= 0.6 is 22.9 Å². The minimum absolute atomic E-state index is 0.0975. The van der Waals surface area contributed by atoms with Gasteiger partial charge in [-0.1, -0.05) is 11.6 Å². The third kappa shape index (κ3) is 3.99. The molecule has 1 aliphatic heterocycles. The largest absolute Gasteiger partial charge is 0.486 e. The van der Waals surface area contributed by atoms with E-state index in [0.717, 1.165) is 5.01 Å². The Labute approximate surface area is 160 Å². The summed E-state index contributed by atoms with van der Waals surface area (Å²) >= 11 is 7.25. The fraction of sp³-hybridized carbons (Fsp3) is 0.389. The van der Waals surface area contributed by atoms with Crippen molar-refractivity contribution < 1.29 is 19.4 Å². The molecule has 2 heterocycles. The molecule has 8 heteroatoms. The van der Waals surface area contributed by atoms with E-state index in [1.165, 1.54) is 16.2 Å². The Hall–Kier alpha value is -2.12. The van der Waals surface area contributed by atoms with Gasteiger partial charge in [0, 0.05) is 16.9 Å². The predicted molar refractivity (Wildman–Crippen MR) is 98.6 cm³/mol. The summed E-state index contributed by atoms with van der Waals surface area (Å²) in [6.45, 7) is 2.38. The summed E-state index contributed by atoms with van der Waals surface area (Å²) in [6, 6.07) is 7.05. The Balaban J connectivity index is 1.58. The summed E-state index contributed by atoms with van der Waals surface area (Å²) in [5, 5.41) is 12.6. The molecule has 0 aliphatic carbocycles. The zero-order valence-electron chi connectivity index (χ0n) is 14.3. The highest BCUT2D eigenvalue weighted by atomic mass is 35.5. The van der Waals surface area contributed by atoms with E-state index < -0.39 is 11.5 Å². The molecule has 6 nitrogen and oxygen atoms in total. The molecule has 138 valence electrons. The molecule has 1 aromatic heterocycles. The summed E-state index contributed by atoms with van der Waals surface area (Å²) in [7, 11) is 0. The highest BCUT2D eigenvalue weighted by Gasteiger charge is 2.45. The van der Waals surface area contributed by atoms with Crippen LogP contribution < -0.4 is 4.74 Å². The number of likely N-dealkylation sites (tertiary alicyclic amines) is 1. The number of halogens is 1. The number of amides is 1. The summed E-state index contributed by atoms with van der Waals surface area (Å²) in [5.41, 5.74) is -0.484. The molecule has 26 heavy (non-hydrogen) atoms. The standard InChI is InChI=1S/C18H19ClN2O4S/c1-18(17(23)24)7-2-8-21(18)16(22)9-13-11-26-15(20-13)10-25-14-5-3-12(19)4-6-14/h3-6,11H,2,7-10H2,1H3,(H,23,24). The van der Waals surface area contributed by atoms with Crippen molar-refractivity contribution in [3.05, 3.63) is 45.4 Å². The highest BCUT2D eigenvalue weighted by Crippen LogP contribution is 2.30. The van der Waals surface area contributed by atoms with Gasteiger partial charge in [-0.3, -0.25) is 4.79 Å². The first kappa shape index (κ1) is 18.7. The lowest BCUT2D eigenvalue weighted by Gasteiger charge is -2.31. The average molecular weight is 395 g/mol. The number of carboxylic acids is 1. The lowest BCUT2D eigenvalue weighted by molar-refractivity contribution is -0.155. The number of aromatic nitrogens is 1. The predicted octanol–water partition coefficient (Wildman–Crippen LogP) is 3.38. The number of nitrogens with zero attached hydrogens (tertiary/aromatic N) is 2. The number of carbonyl (C=O) groups excluding carboxylic acids is 1. The Bertz CT molecular complexity index is 808. The van der Waals surface area contributed by atoms with Gasteiger partial charge in [-0.25, -0.2) is 9.78 Å². The van der Waals surface area contributed by atoms with Crippen LogP contribution in [0.2, 0.25) is 5.02 Å². The minimum atomic E-state index is -1.12. The second kappa shape index (κ2) is 7.63. The topological polar surface area (TPSA) is 79.7 Å². The van der Waals surface area contributed by atoms with E-state index in [0.29, 0.717) is 42.5 Å². The lowest BCUT2D eigenvalue weighted by atomic mass is 9.99. The van der Waals surface area contributed by atoms with Crippen LogP contribution in [-0.2, 0) is 22.6 Å². The maximum atomic E-state index is 12.5. The summed E-state index contributed by atoms with van der Waals surface area (Å²) < 4.78 is 5.65. The fourth-order valence-corrected chi connectivity index (χ4v) is 3.84. The third-order valence-electron chi connectivity index (χ3n) is 4.51. The van der Waals surface area contributed by atoms with Gasteiger partial charge >= 0.3 is 5.97 Å². The molecule has 1 amide bonds. The quantitative estimate of drug-likeness (QED) is 0.812. The van der Waals surface area contributed by atoms with Gasteiger partial charge in [0.1, 0.15) is 22.9 Å². The van der Waals surface area contributed by atoms with Gasteiger partial charge in [0.25, 0.3) is 0 Å². The number of aliphatic carboxylic acids is 1. The summed E-state index contributed by atoms with van der Waals surface area (Å²) in [6.07, 6.45) is 1.28. The monoisotopic (exact) mass is 394 g/mol. The van der Waals surface area contributed by atoms with Crippen LogP contribution in [0.1, 0.15) is 30.5 Å². The Morgan fingerprint density at radius 2 is 2.12 bits per heavy atom. The molecule has 2 aromatic rings. The average Bonchev–Trinajstić information content (AvgIpc) is 3.21. The van der Waals surface area contributed by atoms with E-state index in [1.807, 2.05) is 5.38 Å². The van der Waals surface area contributed by atoms with Crippen molar-refractivity contribution in [2.75, 3.05) is 6.54 Å². The lowest BCUT2D eigenvalue weighted by Crippen LogP contribution is -2.51. The van der Waals surface area contributed by atoms with Crippen molar-refractivity contribution in [1.29, 1.82) is 0 Å². The molecule has 1 aliphatic rings. The number of rotatable bonds is 6. The molecule has 1 N–H and O–H groups in total. The Morgan fingerprint density at radius 3 is 2.81 bits per heavy atom. The third-order valence-corrected chi connectivity index (χ3v) is 5.63. The van der Waals surface area contributed by atoms with E-state index in [9.17, 15) is 14.7 Å². The minimum Gasteiger partial charge on any atom is -0.486 e. The molecular weight excluding hydrogens is 376 g/mol. The van der Waals surface area contributed by atoms with Gasteiger partial charge < -0.3 is 14.7 Å². The van der Waals surface area contributed by atoms with Crippen LogP contribution in [0.3, 0.4) is 0 Å². The second-order valence-electron chi connectivity index (χ2n) is 6.38. The van der Waals surface area contributed by atoms with Gasteiger partial charge in [0.05, 0.1) is 12.1 Å². The maximum Gasteiger partial charge on any atom is 0.329 e. The van der Waals surface area contributed by atoms with Gasteiger partial charge in [-0.15, -0.1) is 11.3 Å². The molecule has 0 bridgehead atoms. The van der Waals surface area contributed by atoms with Crippen molar-refractivity contribution in [2.24, 2.45) is 0 Å². The highest BCUT2D eigenvalue weighted by molar-refractivity contribution is 7.09. The van der Waals surface area contributed by atoms with E-state index >= 15 is 0 Å². The smallest absolute Gasteiger partial charge is 0.329 e. The summed E-state index contributed by atoms with van der Waals surface area (Å²) in [4.78, 5) is 29.9.